The van der Waals surface area contributed by atoms with Crippen LogP contribution in [-0.2, 0) is 11.2 Å². The van der Waals surface area contributed by atoms with E-state index >= 15 is 0 Å². The fraction of sp³-hybridized carbons (Fsp3) is 0.300. The van der Waals surface area contributed by atoms with E-state index in [0.717, 1.165) is 11.1 Å². The van der Waals surface area contributed by atoms with Gasteiger partial charge in [0.05, 0.1) is 5.56 Å². The summed E-state index contributed by atoms with van der Waals surface area (Å²) < 4.78 is 5.67. The molecule has 1 N–H and O–H groups in total. The van der Waals surface area contributed by atoms with Gasteiger partial charge in [-0.15, -0.1) is 0 Å². The SMILES string of the molecule is Cc1ccc(C(C)C)cc1OCC(=O)Cc1cccc(C(=O)O)c1. The van der Waals surface area contributed by atoms with Crippen molar-refractivity contribution in [1.82, 2.24) is 0 Å². The maximum absolute atomic E-state index is 12.1. The van der Waals surface area contributed by atoms with E-state index in [1.807, 2.05) is 19.1 Å². The number of carbonyl (C=O) groups excluding carboxylic acids is 1. The number of carboxylic acid groups (broad SMARTS) is 1. The van der Waals surface area contributed by atoms with Gasteiger partial charge in [0.25, 0.3) is 0 Å². The maximum Gasteiger partial charge on any atom is 0.335 e. The number of hydrogen-bond acceptors (Lipinski definition) is 3. The maximum atomic E-state index is 12.1. The number of ketones is 1. The quantitative estimate of drug-likeness (QED) is 0.835. The van der Waals surface area contributed by atoms with E-state index in [1.165, 1.54) is 12.1 Å². The van der Waals surface area contributed by atoms with Crippen molar-refractivity contribution in [2.24, 2.45) is 0 Å². The molecule has 2 aromatic rings. The number of hydrogen-bond donors (Lipinski definition) is 1. The van der Waals surface area contributed by atoms with Crippen LogP contribution in [0.1, 0.15) is 46.8 Å². The molecule has 0 saturated heterocycles. The molecule has 0 aliphatic heterocycles. The summed E-state index contributed by atoms with van der Waals surface area (Å²) in [6, 6.07) is 12.4. The molecule has 24 heavy (non-hydrogen) atoms. The molecule has 0 aliphatic carbocycles. The van der Waals surface area contributed by atoms with Crippen LogP contribution < -0.4 is 4.74 Å². The van der Waals surface area contributed by atoms with Gasteiger partial charge in [0, 0.05) is 6.42 Å². The third-order valence-corrected chi connectivity index (χ3v) is 3.84. The summed E-state index contributed by atoms with van der Waals surface area (Å²) in [5, 5.41) is 8.99. The third-order valence-electron chi connectivity index (χ3n) is 3.84. The number of ether oxygens (including phenoxy) is 1. The normalized spacial score (nSPS) is 10.7. The van der Waals surface area contributed by atoms with Gasteiger partial charge in [0.15, 0.2) is 5.78 Å². The molecule has 2 rings (SSSR count). The van der Waals surface area contributed by atoms with Gasteiger partial charge in [0.1, 0.15) is 12.4 Å². The molecule has 0 amide bonds. The lowest BCUT2D eigenvalue weighted by Crippen LogP contribution is -2.14. The monoisotopic (exact) mass is 326 g/mol. The number of benzene rings is 2. The fourth-order valence-electron chi connectivity index (χ4n) is 2.38. The van der Waals surface area contributed by atoms with E-state index in [4.69, 9.17) is 9.84 Å². The molecule has 0 aromatic heterocycles. The molecular weight excluding hydrogens is 304 g/mol. The highest BCUT2D eigenvalue weighted by atomic mass is 16.5. The van der Waals surface area contributed by atoms with Gasteiger partial charge in [0.2, 0.25) is 0 Å². The number of carboxylic acids is 1. The van der Waals surface area contributed by atoms with Crippen molar-refractivity contribution >= 4 is 11.8 Å². The van der Waals surface area contributed by atoms with Gasteiger partial charge in [-0.1, -0.05) is 38.1 Å². The van der Waals surface area contributed by atoms with Crippen LogP contribution in [0.4, 0.5) is 0 Å². The summed E-state index contributed by atoms with van der Waals surface area (Å²) in [7, 11) is 0. The average Bonchev–Trinajstić information content (AvgIpc) is 2.54. The van der Waals surface area contributed by atoms with Gasteiger partial charge in [-0.25, -0.2) is 4.79 Å². The zero-order valence-corrected chi connectivity index (χ0v) is 14.2. The molecule has 0 atom stereocenters. The first kappa shape index (κ1) is 17.7. The third kappa shape index (κ3) is 4.69. The second-order valence-corrected chi connectivity index (χ2v) is 6.19. The van der Waals surface area contributed by atoms with Crippen molar-refractivity contribution in [3.8, 4) is 5.75 Å². The first-order chi connectivity index (χ1) is 11.4. The molecular formula is C20H22O4. The highest BCUT2D eigenvalue weighted by molar-refractivity contribution is 5.88. The number of aryl methyl sites for hydroxylation is 1. The molecule has 4 nitrogen and oxygen atoms in total. The van der Waals surface area contributed by atoms with Crippen molar-refractivity contribution in [2.75, 3.05) is 6.61 Å². The molecule has 0 unspecified atom stereocenters. The lowest BCUT2D eigenvalue weighted by Gasteiger charge is -2.12. The zero-order chi connectivity index (χ0) is 17.7. The van der Waals surface area contributed by atoms with Crippen molar-refractivity contribution in [3.05, 3.63) is 64.7 Å². The number of carbonyl (C=O) groups is 2. The Morgan fingerprint density at radius 1 is 1.12 bits per heavy atom. The van der Waals surface area contributed by atoms with Crippen molar-refractivity contribution < 1.29 is 19.4 Å². The minimum atomic E-state index is -0.998. The van der Waals surface area contributed by atoms with E-state index < -0.39 is 5.97 Å². The van der Waals surface area contributed by atoms with Crippen molar-refractivity contribution in [2.45, 2.75) is 33.1 Å². The molecule has 0 aliphatic rings. The smallest absolute Gasteiger partial charge is 0.335 e. The predicted molar refractivity (Wildman–Crippen MR) is 92.9 cm³/mol. The molecule has 4 heteroatoms. The number of rotatable bonds is 7. The summed E-state index contributed by atoms with van der Waals surface area (Å²) in [4.78, 5) is 23.1. The fourth-order valence-corrected chi connectivity index (χ4v) is 2.38. The van der Waals surface area contributed by atoms with Crippen LogP contribution >= 0.6 is 0 Å². The molecule has 0 bridgehead atoms. The van der Waals surface area contributed by atoms with E-state index in [0.29, 0.717) is 17.2 Å². The number of Topliss-reactive ketones (excluding diaryl/α,β-unsaturated/α-hetero) is 1. The Balaban J connectivity index is 2.00. The van der Waals surface area contributed by atoms with Crippen LogP contribution in [-0.4, -0.2) is 23.5 Å². The lowest BCUT2D eigenvalue weighted by atomic mass is 10.0. The molecule has 126 valence electrons. The highest BCUT2D eigenvalue weighted by Crippen LogP contribution is 2.24. The summed E-state index contributed by atoms with van der Waals surface area (Å²) in [6.45, 7) is 6.13. The van der Waals surface area contributed by atoms with Crippen molar-refractivity contribution in [1.29, 1.82) is 0 Å². The summed E-state index contributed by atoms with van der Waals surface area (Å²) in [5.41, 5.74) is 3.01. The van der Waals surface area contributed by atoms with Gasteiger partial charge in [-0.3, -0.25) is 4.79 Å². The van der Waals surface area contributed by atoms with E-state index in [-0.39, 0.29) is 24.4 Å². The number of aromatic carboxylic acids is 1. The Labute approximate surface area is 142 Å². The summed E-state index contributed by atoms with van der Waals surface area (Å²) >= 11 is 0. The van der Waals surface area contributed by atoms with Crippen LogP contribution in [0.15, 0.2) is 42.5 Å². The van der Waals surface area contributed by atoms with E-state index in [9.17, 15) is 9.59 Å². The molecule has 2 aromatic carbocycles. The minimum absolute atomic E-state index is 0.0281. The van der Waals surface area contributed by atoms with Gasteiger partial charge >= 0.3 is 5.97 Å². The Hall–Kier alpha value is -2.62. The lowest BCUT2D eigenvalue weighted by molar-refractivity contribution is -0.120. The molecule has 0 heterocycles. The zero-order valence-electron chi connectivity index (χ0n) is 14.2. The topological polar surface area (TPSA) is 63.6 Å². The Kier molecular flexibility index (Phi) is 5.74. The van der Waals surface area contributed by atoms with Gasteiger partial charge < -0.3 is 9.84 Å². The van der Waals surface area contributed by atoms with Crippen LogP contribution in [0.3, 0.4) is 0 Å². The van der Waals surface area contributed by atoms with E-state index in [1.54, 1.807) is 12.1 Å². The van der Waals surface area contributed by atoms with Gasteiger partial charge in [-0.2, -0.15) is 0 Å². The molecule has 0 spiro atoms. The largest absolute Gasteiger partial charge is 0.486 e. The summed E-state index contributed by atoms with van der Waals surface area (Å²) in [6.07, 6.45) is 0.157. The van der Waals surface area contributed by atoms with Crippen molar-refractivity contribution in [3.63, 3.8) is 0 Å². The average molecular weight is 326 g/mol. The molecule has 0 fully saturated rings. The van der Waals surface area contributed by atoms with E-state index in [2.05, 4.69) is 19.9 Å². The Bertz CT molecular complexity index is 747. The Morgan fingerprint density at radius 3 is 2.54 bits per heavy atom. The first-order valence-corrected chi connectivity index (χ1v) is 7.94. The molecule has 0 radical (unpaired) electrons. The minimum Gasteiger partial charge on any atom is -0.486 e. The molecule has 0 saturated carbocycles. The second-order valence-electron chi connectivity index (χ2n) is 6.19. The van der Waals surface area contributed by atoms with Crippen LogP contribution in [0, 0.1) is 6.92 Å². The Morgan fingerprint density at radius 2 is 1.88 bits per heavy atom. The standard InChI is InChI=1S/C20H22O4/c1-13(2)16-8-7-14(3)19(11-16)24-12-18(21)10-15-5-4-6-17(9-15)20(22)23/h4-9,11,13H,10,12H2,1-3H3,(H,22,23). The van der Waals surface area contributed by atoms with Gasteiger partial charge in [-0.05, 0) is 47.7 Å². The van der Waals surface area contributed by atoms with Crippen LogP contribution in [0.25, 0.3) is 0 Å². The van der Waals surface area contributed by atoms with Crippen LogP contribution in [0.5, 0.6) is 5.75 Å². The predicted octanol–water partition coefficient (Wildman–Crippen LogP) is 4.01. The first-order valence-electron chi connectivity index (χ1n) is 7.94. The highest BCUT2D eigenvalue weighted by Gasteiger charge is 2.10. The summed E-state index contributed by atoms with van der Waals surface area (Å²) in [5.74, 6) is 0.0183. The second kappa shape index (κ2) is 7.77. The van der Waals surface area contributed by atoms with Crippen LogP contribution in [0.2, 0.25) is 0 Å².